The van der Waals surface area contributed by atoms with Crippen molar-refractivity contribution >= 4 is 23.5 Å². The fourth-order valence-corrected chi connectivity index (χ4v) is 2.32. The molecule has 0 bridgehead atoms. The Morgan fingerprint density at radius 2 is 2.32 bits per heavy atom. The molecule has 0 saturated carbocycles. The van der Waals surface area contributed by atoms with Crippen LogP contribution in [0, 0.1) is 0 Å². The van der Waals surface area contributed by atoms with E-state index in [4.69, 9.17) is 15.3 Å². The molecule has 0 aliphatic heterocycles. The van der Waals surface area contributed by atoms with Crippen molar-refractivity contribution in [2.24, 2.45) is 0 Å². The molecule has 0 spiro atoms. The van der Waals surface area contributed by atoms with Gasteiger partial charge in [-0.1, -0.05) is 11.8 Å². The molecule has 0 aliphatic carbocycles. The van der Waals surface area contributed by atoms with Gasteiger partial charge in [0.2, 0.25) is 5.76 Å². The van der Waals surface area contributed by atoms with Gasteiger partial charge in [0.05, 0.1) is 5.25 Å². The molecular formula is C11H11N3O4S. The lowest BCUT2D eigenvalue weighted by atomic mass is 10.3. The summed E-state index contributed by atoms with van der Waals surface area (Å²) in [4.78, 5) is 28.4. The summed E-state index contributed by atoms with van der Waals surface area (Å²) < 4.78 is 5.17. The Bertz CT molecular complexity index is 664. The third-order valence-corrected chi connectivity index (χ3v) is 3.27. The van der Waals surface area contributed by atoms with Crippen LogP contribution in [0.3, 0.4) is 0 Å². The number of nitrogens with zero attached hydrogens (tertiary/aromatic N) is 1. The lowest BCUT2D eigenvalue weighted by Crippen LogP contribution is -2.09. The van der Waals surface area contributed by atoms with Crippen LogP contribution in [-0.4, -0.2) is 21.0 Å². The van der Waals surface area contributed by atoms with E-state index in [1.807, 2.05) is 0 Å². The summed E-state index contributed by atoms with van der Waals surface area (Å²) in [7, 11) is 0. The molecule has 1 atom stereocenters. The predicted octanol–water partition coefficient (Wildman–Crippen LogP) is 1.50. The van der Waals surface area contributed by atoms with Gasteiger partial charge < -0.3 is 20.2 Å². The number of hydrogen-bond acceptors (Lipinski definition) is 6. The lowest BCUT2D eigenvalue weighted by Gasteiger charge is -2.07. The molecule has 0 fully saturated rings. The molecule has 2 heterocycles. The zero-order valence-electron chi connectivity index (χ0n) is 9.91. The minimum atomic E-state index is -1.13. The van der Waals surface area contributed by atoms with Crippen molar-refractivity contribution in [3.63, 3.8) is 0 Å². The van der Waals surface area contributed by atoms with Gasteiger partial charge in [-0.15, -0.1) is 0 Å². The Morgan fingerprint density at radius 3 is 2.89 bits per heavy atom. The van der Waals surface area contributed by atoms with Crippen molar-refractivity contribution in [1.29, 1.82) is 0 Å². The van der Waals surface area contributed by atoms with Crippen LogP contribution in [0.1, 0.15) is 28.5 Å². The predicted molar refractivity (Wildman–Crippen MR) is 69.2 cm³/mol. The van der Waals surface area contributed by atoms with E-state index in [1.54, 1.807) is 13.0 Å². The second kappa shape index (κ2) is 5.19. The molecule has 0 aliphatic rings. The Kier molecular flexibility index (Phi) is 3.61. The Labute approximate surface area is 111 Å². The van der Waals surface area contributed by atoms with Crippen molar-refractivity contribution in [2.75, 3.05) is 5.73 Å². The number of nitrogens with two attached hydrogens (primary N) is 1. The van der Waals surface area contributed by atoms with Gasteiger partial charge in [-0.2, -0.15) is 0 Å². The maximum absolute atomic E-state index is 11.2. The van der Waals surface area contributed by atoms with Crippen LogP contribution in [0.25, 0.3) is 0 Å². The number of nitrogen functional groups attached to an aromatic ring is 1. The number of aromatic amines is 1. The number of carbonyl (C=O) groups is 1. The van der Waals surface area contributed by atoms with Crippen molar-refractivity contribution in [1.82, 2.24) is 9.97 Å². The average molecular weight is 281 g/mol. The second-order valence-electron chi connectivity index (χ2n) is 3.74. The first-order chi connectivity index (χ1) is 8.95. The topological polar surface area (TPSA) is 122 Å². The van der Waals surface area contributed by atoms with Gasteiger partial charge in [-0.3, -0.25) is 4.79 Å². The number of carboxylic acids is 1. The number of thioether (sulfide) groups is 1. The van der Waals surface area contributed by atoms with Crippen molar-refractivity contribution < 1.29 is 14.3 Å². The summed E-state index contributed by atoms with van der Waals surface area (Å²) in [6.45, 7) is 1.80. The van der Waals surface area contributed by atoms with Gasteiger partial charge in [0.15, 0.2) is 5.16 Å². The summed E-state index contributed by atoms with van der Waals surface area (Å²) in [5.41, 5.74) is 5.13. The molecule has 0 saturated heterocycles. The van der Waals surface area contributed by atoms with E-state index in [-0.39, 0.29) is 22.4 Å². The second-order valence-corrected chi connectivity index (χ2v) is 5.07. The number of H-pyrrole nitrogens is 1. The standard InChI is InChI=1S/C11H11N3O4S/c1-5(6-2-3-7(18-6)10(16)17)19-11-13-8(12)4-9(15)14-11/h2-5H,1H3,(H,16,17)(H3,12,13,14,15). The van der Waals surface area contributed by atoms with Crippen molar-refractivity contribution in [2.45, 2.75) is 17.3 Å². The van der Waals surface area contributed by atoms with Gasteiger partial charge in [0.25, 0.3) is 5.56 Å². The van der Waals surface area contributed by atoms with Crippen molar-refractivity contribution in [3.05, 3.63) is 40.1 Å². The third kappa shape index (κ3) is 3.16. The highest BCUT2D eigenvalue weighted by molar-refractivity contribution is 7.99. The number of carboxylic acid groups (broad SMARTS) is 1. The number of hydrogen-bond donors (Lipinski definition) is 3. The van der Waals surface area contributed by atoms with E-state index in [0.717, 1.165) is 0 Å². The maximum atomic E-state index is 11.2. The van der Waals surface area contributed by atoms with E-state index in [0.29, 0.717) is 10.9 Å². The average Bonchev–Trinajstić information content (AvgIpc) is 2.76. The summed E-state index contributed by atoms with van der Waals surface area (Å²) in [6, 6.07) is 4.14. The normalized spacial score (nSPS) is 12.3. The van der Waals surface area contributed by atoms with E-state index in [9.17, 15) is 9.59 Å². The van der Waals surface area contributed by atoms with Crippen LogP contribution in [0.2, 0.25) is 0 Å². The number of nitrogens with one attached hydrogen (secondary N) is 1. The molecule has 0 radical (unpaired) electrons. The maximum Gasteiger partial charge on any atom is 0.371 e. The molecule has 0 amide bonds. The largest absolute Gasteiger partial charge is 0.475 e. The van der Waals surface area contributed by atoms with E-state index < -0.39 is 5.97 Å². The number of aromatic carboxylic acids is 1. The SMILES string of the molecule is CC(Sc1nc(N)cc(=O)[nH]1)c1ccc(C(=O)O)o1. The minimum Gasteiger partial charge on any atom is -0.475 e. The molecule has 7 nitrogen and oxygen atoms in total. The Morgan fingerprint density at radius 1 is 1.58 bits per heavy atom. The molecule has 2 rings (SSSR count). The summed E-state index contributed by atoms with van der Waals surface area (Å²) in [5.74, 6) is -0.646. The van der Waals surface area contributed by atoms with Crippen LogP contribution >= 0.6 is 11.8 Å². The van der Waals surface area contributed by atoms with Crippen molar-refractivity contribution in [3.8, 4) is 0 Å². The molecule has 8 heteroatoms. The van der Waals surface area contributed by atoms with E-state index in [1.165, 1.54) is 23.9 Å². The van der Waals surface area contributed by atoms with E-state index >= 15 is 0 Å². The van der Waals surface area contributed by atoms with E-state index in [2.05, 4.69) is 9.97 Å². The first kappa shape index (κ1) is 13.2. The third-order valence-electron chi connectivity index (χ3n) is 2.27. The lowest BCUT2D eigenvalue weighted by molar-refractivity contribution is 0.0660. The highest BCUT2D eigenvalue weighted by atomic mass is 32.2. The van der Waals surface area contributed by atoms with Crippen LogP contribution in [-0.2, 0) is 0 Å². The minimum absolute atomic E-state index is 0.128. The first-order valence-electron chi connectivity index (χ1n) is 5.32. The van der Waals surface area contributed by atoms with Crippen LogP contribution in [0.5, 0.6) is 0 Å². The monoisotopic (exact) mass is 281 g/mol. The smallest absolute Gasteiger partial charge is 0.371 e. The quantitative estimate of drug-likeness (QED) is 0.573. The highest BCUT2D eigenvalue weighted by Gasteiger charge is 2.16. The Balaban J connectivity index is 2.17. The molecule has 4 N–H and O–H groups in total. The van der Waals surface area contributed by atoms with Gasteiger partial charge in [0.1, 0.15) is 11.6 Å². The molecule has 2 aromatic heterocycles. The van der Waals surface area contributed by atoms with Gasteiger partial charge in [-0.05, 0) is 19.1 Å². The number of aromatic nitrogens is 2. The summed E-state index contributed by atoms with van der Waals surface area (Å²) >= 11 is 1.22. The van der Waals surface area contributed by atoms with Crippen LogP contribution < -0.4 is 11.3 Å². The summed E-state index contributed by atoms with van der Waals surface area (Å²) in [5, 5.41) is 8.91. The number of rotatable bonds is 4. The fraction of sp³-hybridized carbons (Fsp3) is 0.182. The molecular weight excluding hydrogens is 270 g/mol. The molecule has 1 unspecified atom stereocenters. The van der Waals surface area contributed by atoms with Crippen LogP contribution in [0.15, 0.2) is 32.6 Å². The number of anilines is 1. The molecule has 2 aromatic rings. The number of furan rings is 1. The zero-order valence-corrected chi connectivity index (χ0v) is 10.7. The van der Waals surface area contributed by atoms with Gasteiger partial charge >= 0.3 is 5.97 Å². The Hall–Kier alpha value is -2.22. The molecule has 0 aromatic carbocycles. The molecule has 100 valence electrons. The summed E-state index contributed by atoms with van der Waals surface area (Å²) in [6.07, 6.45) is 0. The van der Waals surface area contributed by atoms with Gasteiger partial charge in [0, 0.05) is 6.07 Å². The first-order valence-corrected chi connectivity index (χ1v) is 6.20. The van der Waals surface area contributed by atoms with Gasteiger partial charge in [-0.25, -0.2) is 9.78 Å². The fourth-order valence-electron chi connectivity index (χ4n) is 1.42. The zero-order chi connectivity index (χ0) is 14.0. The highest BCUT2D eigenvalue weighted by Crippen LogP contribution is 2.33. The van der Waals surface area contributed by atoms with Crippen LogP contribution in [0.4, 0.5) is 5.82 Å². The molecule has 19 heavy (non-hydrogen) atoms.